The van der Waals surface area contributed by atoms with Gasteiger partial charge in [-0.05, 0) is 30.7 Å². The van der Waals surface area contributed by atoms with Crippen LogP contribution in [0.25, 0.3) is 22.3 Å². The number of carbonyl (C=O) groups is 1. The van der Waals surface area contributed by atoms with Crippen LogP contribution in [0.15, 0.2) is 36.4 Å². The normalized spacial score (nSPS) is 10.8. The minimum atomic E-state index is -0.359. The number of hydrogen-bond acceptors (Lipinski definition) is 6. The summed E-state index contributed by atoms with van der Waals surface area (Å²) in [4.78, 5) is 24.8. The smallest absolute Gasteiger partial charge is 0.337 e. The number of ether oxygens (including phenoxy) is 1. The van der Waals surface area contributed by atoms with Crippen molar-refractivity contribution in [2.24, 2.45) is 0 Å². The number of rotatable bonds is 4. The van der Waals surface area contributed by atoms with Gasteiger partial charge in [-0.2, -0.15) is 0 Å². The molecule has 0 saturated carbocycles. The van der Waals surface area contributed by atoms with Crippen molar-refractivity contribution in [3.63, 3.8) is 0 Å². The van der Waals surface area contributed by atoms with Gasteiger partial charge in [0, 0.05) is 5.56 Å². The Balaban J connectivity index is 2.05. The summed E-state index contributed by atoms with van der Waals surface area (Å²) in [6, 6.07) is 10.9. The average molecular weight is 322 g/mol. The molecule has 0 fully saturated rings. The van der Waals surface area contributed by atoms with Crippen LogP contribution in [0.2, 0.25) is 0 Å². The molecule has 3 aromatic rings. The predicted molar refractivity (Wildman–Crippen MR) is 92.5 cm³/mol. The number of nitrogens with two attached hydrogens (primary N) is 1. The van der Waals surface area contributed by atoms with Crippen LogP contribution in [0.4, 0.5) is 5.95 Å². The molecule has 0 radical (unpaired) electrons. The van der Waals surface area contributed by atoms with E-state index in [0.29, 0.717) is 5.56 Å². The second kappa shape index (κ2) is 6.62. The van der Waals surface area contributed by atoms with Gasteiger partial charge in [-0.25, -0.2) is 19.7 Å². The second-order valence-corrected chi connectivity index (χ2v) is 5.41. The number of aryl methyl sites for hydroxylation is 1. The third kappa shape index (κ3) is 3.03. The summed E-state index contributed by atoms with van der Waals surface area (Å²) in [5.41, 5.74) is 10.3. The fraction of sp³-hybridized carbons (Fsp3) is 0.222. The molecule has 0 aliphatic carbocycles. The predicted octanol–water partition coefficient (Wildman–Crippen LogP) is 3.01. The lowest BCUT2D eigenvalue weighted by molar-refractivity contribution is 0.0601. The van der Waals surface area contributed by atoms with Crippen LogP contribution in [-0.2, 0) is 11.2 Å². The summed E-state index contributed by atoms with van der Waals surface area (Å²) in [6.45, 7) is 2.08. The molecule has 122 valence electrons. The fourth-order valence-corrected chi connectivity index (χ4v) is 2.56. The zero-order chi connectivity index (χ0) is 17.1. The summed E-state index contributed by atoms with van der Waals surface area (Å²) >= 11 is 0. The van der Waals surface area contributed by atoms with Crippen LogP contribution in [-0.4, -0.2) is 28.0 Å². The molecule has 0 unspecified atom stereocenters. The Labute approximate surface area is 139 Å². The first-order valence-corrected chi connectivity index (χ1v) is 7.74. The van der Waals surface area contributed by atoms with Gasteiger partial charge in [-0.3, -0.25) is 0 Å². The van der Waals surface area contributed by atoms with E-state index < -0.39 is 0 Å². The number of nitrogen functional groups attached to an aromatic ring is 1. The fourth-order valence-electron chi connectivity index (χ4n) is 2.56. The largest absolute Gasteiger partial charge is 0.465 e. The maximum absolute atomic E-state index is 11.5. The number of carbonyl (C=O) groups excluding carboxylic acids is 1. The third-order valence-corrected chi connectivity index (χ3v) is 3.72. The van der Waals surface area contributed by atoms with Gasteiger partial charge in [-0.15, -0.1) is 0 Å². The molecule has 0 saturated heterocycles. The topological polar surface area (TPSA) is 91.0 Å². The van der Waals surface area contributed by atoms with Gasteiger partial charge < -0.3 is 10.5 Å². The van der Waals surface area contributed by atoms with Crippen LogP contribution in [0.5, 0.6) is 0 Å². The molecule has 0 aliphatic rings. The number of aromatic nitrogens is 3. The summed E-state index contributed by atoms with van der Waals surface area (Å²) in [6.07, 6.45) is 1.74. The Morgan fingerprint density at radius 2 is 1.83 bits per heavy atom. The van der Waals surface area contributed by atoms with Gasteiger partial charge in [0.25, 0.3) is 0 Å². The SMILES string of the molecule is CCCc1nc(N)nc2ccc(-c3ccc(C(=O)OC)cc3)nc12. The number of esters is 1. The first-order valence-electron chi connectivity index (χ1n) is 7.74. The van der Waals surface area contributed by atoms with Gasteiger partial charge in [0.05, 0.1) is 29.6 Å². The van der Waals surface area contributed by atoms with Crippen molar-refractivity contribution >= 4 is 23.0 Å². The monoisotopic (exact) mass is 322 g/mol. The van der Waals surface area contributed by atoms with Crippen molar-refractivity contribution in [1.82, 2.24) is 15.0 Å². The molecule has 2 N–H and O–H groups in total. The highest BCUT2D eigenvalue weighted by Gasteiger charge is 2.10. The number of methoxy groups -OCH3 is 1. The molecule has 6 heteroatoms. The van der Waals surface area contributed by atoms with Crippen molar-refractivity contribution in [2.45, 2.75) is 19.8 Å². The number of pyridine rings is 1. The standard InChI is InChI=1S/C18H18N4O2/c1-3-4-14-16-15(22-18(19)21-14)10-9-13(20-16)11-5-7-12(8-6-11)17(23)24-2/h5-10H,3-4H2,1-2H3,(H2,19,21,22). The van der Waals surface area contributed by atoms with Crippen LogP contribution in [0.3, 0.4) is 0 Å². The highest BCUT2D eigenvalue weighted by Crippen LogP contribution is 2.23. The zero-order valence-electron chi connectivity index (χ0n) is 13.6. The van der Waals surface area contributed by atoms with Crippen molar-refractivity contribution in [1.29, 1.82) is 0 Å². The van der Waals surface area contributed by atoms with E-state index in [1.165, 1.54) is 7.11 Å². The molecule has 2 heterocycles. The van der Waals surface area contributed by atoms with Gasteiger partial charge in [0.15, 0.2) is 0 Å². The first-order chi connectivity index (χ1) is 11.6. The Bertz CT molecular complexity index is 891. The van der Waals surface area contributed by atoms with Crippen LogP contribution >= 0.6 is 0 Å². The molecule has 2 aromatic heterocycles. The summed E-state index contributed by atoms with van der Waals surface area (Å²) in [7, 11) is 1.36. The zero-order valence-corrected chi connectivity index (χ0v) is 13.6. The third-order valence-electron chi connectivity index (χ3n) is 3.72. The molecule has 0 aliphatic heterocycles. The van der Waals surface area contributed by atoms with E-state index in [1.54, 1.807) is 12.1 Å². The highest BCUT2D eigenvalue weighted by atomic mass is 16.5. The van der Waals surface area contributed by atoms with Gasteiger partial charge >= 0.3 is 5.97 Å². The quantitative estimate of drug-likeness (QED) is 0.742. The molecular weight excluding hydrogens is 304 g/mol. The number of anilines is 1. The lowest BCUT2D eigenvalue weighted by atomic mass is 10.1. The van der Waals surface area contributed by atoms with E-state index in [0.717, 1.165) is 40.8 Å². The first kappa shape index (κ1) is 15.9. The van der Waals surface area contributed by atoms with E-state index in [4.69, 9.17) is 15.5 Å². The summed E-state index contributed by atoms with van der Waals surface area (Å²) < 4.78 is 4.71. The number of fused-ring (bicyclic) bond motifs is 1. The lowest BCUT2D eigenvalue weighted by Gasteiger charge is -2.08. The van der Waals surface area contributed by atoms with Crippen molar-refractivity contribution < 1.29 is 9.53 Å². The maximum Gasteiger partial charge on any atom is 0.337 e. The molecular formula is C18H18N4O2. The summed E-state index contributed by atoms with van der Waals surface area (Å²) in [5.74, 6) is -0.0925. The van der Waals surface area contributed by atoms with E-state index in [9.17, 15) is 4.79 Å². The molecule has 0 spiro atoms. The van der Waals surface area contributed by atoms with Crippen molar-refractivity contribution in [2.75, 3.05) is 12.8 Å². The second-order valence-electron chi connectivity index (χ2n) is 5.41. The summed E-state index contributed by atoms with van der Waals surface area (Å²) in [5, 5.41) is 0. The van der Waals surface area contributed by atoms with Crippen molar-refractivity contribution in [3.05, 3.63) is 47.7 Å². The highest BCUT2D eigenvalue weighted by molar-refractivity contribution is 5.90. The Morgan fingerprint density at radius 1 is 1.08 bits per heavy atom. The van der Waals surface area contributed by atoms with E-state index in [1.807, 2.05) is 24.3 Å². The van der Waals surface area contributed by atoms with Gasteiger partial charge in [0.1, 0.15) is 5.52 Å². The molecule has 6 nitrogen and oxygen atoms in total. The molecule has 0 amide bonds. The molecule has 3 rings (SSSR count). The van der Waals surface area contributed by atoms with Crippen LogP contribution in [0.1, 0.15) is 29.4 Å². The molecule has 24 heavy (non-hydrogen) atoms. The Hall–Kier alpha value is -3.02. The molecule has 1 aromatic carbocycles. The van der Waals surface area contributed by atoms with Gasteiger partial charge in [-0.1, -0.05) is 25.5 Å². The Morgan fingerprint density at radius 3 is 2.50 bits per heavy atom. The van der Waals surface area contributed by atoms with E-state index >= 15 is 0 Å². The Kier molecular flexibility index (Phi) is 4.37. The minimum absolute atomic E-state index is 0.267. The number of benzene rings is 1. The van der Waals surface area contributed by atoms with Gasteiger partial charge in [0.2, 0.25) is 5.95 Å². The van der Waals surface area contributed by atoms with E-state index in [-0.39, 0.29) is 11.9 Å². The van der Waals surface area contributed by atoms with Crippen LogP contribution in [0, 0.1) is 0 Å². The minimum Gasteiger partial charge on any atom is -0.465 e. The van der Waals surface area contributed by atoms with Crippen LogP contribution < -0.4 is 5.73 Å². The maximum atomic E-state index is 11.5. The number of nitrogens with zero attached hydrogens (tertiary/aromatic N) is 3. The number of hydrogen-bond donors (Lipinski definition) is 1. The lowest BCUT2D eigenvalue weighted by Crippen LogP contribution is -2.03. The van der Waals surface area contributed by atoms with E-state index in [2.05, 4.69) is 16.9 Å². The molecule has 0 atom stereocenters. The van der Waals surface area contributed by atoms with Crippen molar-refractivity contribution in [3.8, 4) is 11.3 Å². The molecule has 0 bridgehead atoms. The average Bonchev–Trinajstić information content (AvgIpc) is 2.61.